The van der Waals surface area contributed by atoms with E-state index in [2.05, 4.69) is 90.0 Å². The summed E-state index contributed by atoms with van der Waals surface area (Å²) < 4.78 is 0. The maximum absolute atomic E-state index is 3.30. The summed E-state index contributed by atoms with van der Waals surface area (Å²) >= 11 is 0. The first-order chi connectivity index (χ1) is 9.81. The minimum Gasteiger partial charge on any atom is -0.126 e. The fraction of sp³-hybridized carbons (Fsp3) is 1.00. The Labute approximate surface area is 149 Å². The van der Waals surface area contributed by atoms with Gasteiger partial charge in [0.25, 0.3) is 0 Å². The van der Waals surface area contributed by atoms with Crippen LogP contribution >= 0.6 is 35.6 Å². The van der Waals surface area contributed by atoms with Crippen LogP contribution in [-0.2, 0) is 0 Å². The highest BCUT2D eigenvalue weighted by molar-refractivity contribution is 7.78. The fourth-order valence-corrected chi connectivity index (χ4v) is 15.5. The number of rotatable bonds is 9. The third-order valence-corrected chi connectivity index (χ3v) is 14.5. The molecule has 0 bridgehead atoms. The van der Waals surface area contributed by atoms with Gasteiger partial charge in [-0.05, 0) is 17.8 Å². The Balaban J connectivity index is 6.12. The predicted molar refractivity (Wildman–Crippen MR) is 120 cm³/mol. The van der Waals surface area contributed by atoms with Crippen molar-refractivity contribution in [1.29, 1.82) is 0 Å². The van der Waals surface area contributed by atoms with Gasteiger partial charge in [0.1, 0.15) is 0 Å². The van der Waals surface area contributed by atoms with Crippen molar-refractivity contribution in [2.24, 2.45) is 17.8 Å². The zero-order valence-corrected chi connectivity index (χ0v) is 20.9. The van der Waals surface area contributed by atoms with Gasteiger partial charge in [0.15, 0.2) is 0 Å². The van der Waals surface area contributed by atoms with E-state index >= 15 is 0 Å². The van der Waals surface area contributed by atoms with Gasteiger partial charge in [0.05, 0.1) is 0 Å². The van der Waals surface area contributed by atoms with Crippen molar-refractivity contribution in [2.45, 2.75) is 96.3 Å². The van der Waals surface area contributed by atoms with Crippen LogP contribution < -0.4 is 0 Å². The molecule has 0 aliphatic heterocycles. The molecule has 9 atom stereocenters. The van der Waals surface area contributed by atoms with Crippen LogP contribution in [-0.4, -0.2) is 14.7 Å². The highest BCUT2D eigenvalue weighted by Crippen LogP contribution is 2.79. The van der Waals surface area contributed by atoms with E-state index in [1.165, 1.54) is 19.3 Å². The van der Waals surface area contributed by atoms with Crippen LogP contribution in [0.2, 0.25) is 0 Å². The first-order valence-corrected chi connectivity index (χ1v) is 12.1. The van der Waals surface area contributed by atoms with Crippen LogP contribution in [0.3, 0.4) is 0 Å². The van der Waals surface area contributed by atoms with E-state index in [1.807, 2.05) is 0 Å². The van der Waals surface area contributed by atoms with Crippen molar-refractivity contribution in [3.63, 3.8) is 0 Å². The molecule has 0 aliphatic carbocycles. The molecule has 22 heavy (non-hydrogen) atoms. The Kier molecular flexibility index (Phi) is 9.59. The van der Waals surface area contributed by atoms with Crippen molar-refractivity contribution in [3.05, 3.63) is 0 Å². The molecule has 0 amide bonds. The number of hydrogen-bond acceptors (Lipinski definition) is 0. The van der Waals surface area contributed by atoms with Crippen LogP contribution in [0.1, 0.15) is 81.6 Å². The van der Waals surface area contributed by atoms with Crippen LogP contribution in [0.15, 0.2) is 0 Å². The van der Waals surface area contributed by atoms with Crippen molar-refractivity contribution in [2.75, 3.05) is 0 Å². The summed E-state index contributed by atoms with van der Waals surface area (Å²) in [6.07, 6.45) is 3.75. The molecule has 0 rings (SSSR count). The summed E-state index contributed by atoms with van der Waals surface area (Å²) in [5, 5.41) is 0. The summed E-state index contributed by atoms with van der Waals surface area (Å²) in [4.78, 5) is 0.887. The minimum atomic E-state index is -0.237. The molecule has 0 N–H and O–H groups in total. The van der Waals surface area contributed by atoms with Gasteiger partial charge in [-0.3, -0.25) is 0 Å². The molecular weight excluding hydrogens is 340 g/mol. The maximum Gasteiger partial charge on any atom is 0.00626 e. The van der Waals surface area contributed by atoms with Crippen molar-refractivity contribution >= 4 is 35.6 Å². The second kappa shape index (κ2) is 8.89. The van der Waals surface area contributed by atoms with Gasteiger partial charge in [-0.1, -0.05) is 89.5 Å². The van der Waals surface area contributed by atoms with Gasteiger partial charge < -0.3 is 0 Å². The minimum absolute atomic E-state index is 0.237. The van der Waals surface area contributed by atoms with E-state index in [4.69, 9.17) is 0 Å². The molecule has 0 aromatic rings. The molecular formula is C18H42P4. The van der Waals surface area contributed by atoms with Gasteiger partial charge in [0, 0.05) is 14.7 Å². The lowest BCUT2D eigenvalue weighted by Crippen LogP contribution is -2.43. The lowest BCUT2D eigenvalue weighted by atomic mass is 10.0. The van der Waals surface area contributed by atoms with Gasteiger partial charge in [-0.25, -0.2) is 0 Å². The second-order valence-corrected chi connectivity index (χ2v) is 16.6. The lowest BCUT2D eigenvalue weighted by Gasteiger charge is -2.58. The van der Waals surface area contributed by atoms with Gasteiger partial charge in [0.2, 0.25) is 0 Å². The van der Waals surface area contributed by atoms with Crippen LogP contribution in [0.25, 0.3) is 0 Å². The lowest BCUT2D eigenvalue weighted by molar-refractivity contribution is 0.454. The third kappa shape index (κ3) is 4.88. The highest BCUT2D eigenvalue weighted by Gasteiger charge is 2.53. The first kappa shape index (κ1) is 23.7. The van der Waals surface area contributed by atoms with Crippen LogP contribution in [0.4, 0.5) is 0 Å². The maximum atomic E-state index is 3.30. The Hall–Kier alpha value is 1.72. The average Bonchev–Trinajstić information content (AvgIpc) is 2.42. The Morgan fingerprint density at radius 2 is 0.818 bits per heavy atom. The van der Waals surface area contributed by atoms with Crippen molar-refractivity contribution in [1.82, 2.24) is 0 Å². The SMILES string of the molecule is CCC(C)C(C)(P)P(C(C)(P)C(C)CC)C(C)(P)C(C)CC. The molecule has 0 nitrogen and oxygen atoms in total. The normalized spacial score (nSPS) is 26.2. The summed E-state index contributed by atoms with van der Waals surface area (Å²) in [6.45, 7) is 21.9. The molecule has 0 aliphatic rings. The molecule has 0 aromatic carbocycles. The molecule has 0 aromatic heterocycles. The van der Waals surface area contributed by atoms with Gasteiger partial charge in [-0.2, -0.15) is 0 Å². The van der Waals surface area contributed by atoms with E-state index in [1.54, 1.807) is 0 Å². The Morgan fingerprint density at radius 1 is 0.636 bits per heavy atom. The smallest absolute Gasteiger partial charge is 0.00626 e. The number of hydrogen-bond donors (Lipinski definition) is 0. The fourth-order valence-electron chi connectivity index (χ4n) is 3.46. The standard InChI is InChI=1S/C18H42P4/c1-10-13(4)16(7,19)22(17(8,20)14(5)11-2)18(9,21)15(6)12-3/h13-15H,10-12,19-21H2,1-9H3. The summed E-state index contributed by atoms with van der Waals surface area (Å²) in [5.74, 6) is 2.16. The van der Waals surface area contributed by atoms with E-state index < -0.39 is 0 Å². The molecule has 0 spiro atoms. The highest BCUT2D eigenvalue weighted by atomic mass is 31.2. The summed E-state index contributed by atoms with van der Waals surface area (Å²) in [5.41, 5.74) is 0. The van der Waals surface area contributed by atoms with Gasteiger partial charge in [-0.15, -0.1) is 27.7 Å². The van der Waals surface area contributed by atoms with E-state index in [-0.39, 0.29) is 7.92 Å². The first-order valence-electron chi connectivity index (χ1n) is 8.98. The Morgan fingerprint density at radius 3 is 0.955 bits per heavy atom. The second-order valence-electron chi connectivity index (χ2n) is 7.94. The topological polar surface area (TPSA) is 0 Å². The van der Waals surface area contributed by atoms with Crippen LogP contribution in [0.5, 0.6) is 0 Å². The molecule has 134 valence electrons. The monoisotopic (exact) mass is 382 g/mol. The molecule has 0 heterocycles. The van der Waals surface area contributed by atoms with Crippen molar-refractivity contribution < 1.29 is 0 Å². The quantitative estimate of drug-likeness (QED) is 0.365. The zero-order chi connectivity index (χ0) is 17.9. The molecule has 0 saturated carbocycles. The third-order valence-electron chi connectivity index (χ3n) is 6.28. The molecule has 4 heteroatoms. The zero-order valence-electron chi connectivity index (χ0n) is 16.5. The summed E-state index contributed by atoms with van der Waals surface area (Å²) in [7, 11) is 9.66. The molecule has 0 saturated heterocycles. The Bertz CT molecular complexity index is 284. The van der Waals surface area contributed by atoms with Crippen LogP contribution in [0, 0.1) is 17.8 Å². The van der Waals surface area contributed by atoms with E-state index in [0.717, 1.165) is 17.8 Å². The van der Waals surface area contributed by atoms with Crippen molar-refractivity contribution in [3.8, 4) is 0 Å². The predicted octanol–water partition coefficient (Wildman–Crippen LogP) is 7.38. The van der Waals surface area contributed by atoms with E-state index in [0.29, 0.717) is 14.7 Å². The van der Waals surface area contributed by atoms with E-state index in [9.17, 15) is 0 Å². The van der Waals surface area contributed by atoms with Gasteiger partial charge >= 0.3 is 0 Å². The molecule has 0 radical (unpaired) electrons. The molecule has 0 fully saturated rings. The summed E-state index contributed by atoms with van der Waals surface area (Å²) in [6, 6.07) is 0. The average molecular weight is 382 g/mol. The molecule has 9 unspecified atom stereocenters. The largest absolute Gasteiger partial charge is 0.126 e.